The van der Waals surface area contributed by atoms with E-state index in [9.17, 15) is 0 Å². The highest BCUT2D eigenvalue weighted by molar-refractivity contribution is 6.24. The summed E-state index contributed by atoms with van der Waals surface area (Å²) in [6.07, 6.45) is 0. The van der Waals surface area contributed by atoms with Crippen LogP contribution in [0.2, 0.25) is 0 Å². The molecule has 30 rings (SSSR count). The maximum Gasteiger partial charge on any atom is 0.238 e. The van der Waals surface area contributed by atoms with Gasteiger partial charge in [0.15, 0.2) is 17.5 Å². The number of para-hydroxylation sites is 7. The van der Waals surface area contributed by atoms with Crippen LogP contribution in [0.15, 0.2) is 522 Å². The highest BCUT2D eigenvalue weighted by Crippen LogP contribution is 2.47. The Kier molecular flexibility index (Phi) is 20.6. The topological polar surface area (TPSA) is 115 Å². The van der Waals surface area contributed by atoms with Gasteiger partial charge in [0.25, 0.3) is 0 Å². The number of hydrogen-bond acceptors (Lipinski definition) is 7. The van der Waals surface area contributed by atoms with Crippen LogP contribution in [0.5, 0.6) is 0 Å². The number of nitrogens with zero attached hydrogens (tertiary/aromatic N) is 12. The molecule has 0 spiro atoms. The minimum Gasteiger partial charge on any atom is -0.309 e. The number of rotatable bonds is 13. The first-order chi connectivity index (χ1) is 72.9. The average molecular weight is 1880 g/mol. The average Bonchev–Trinajstić information content (AvgIpc) is 1.58. The van der Waals surface area contributed by atoms with E-state index in [1.54, 1.807) is 0 Å². The first kappa shape index (κ1) is 85.1. The van der Waals surface area contributed by atoms with Gasteiger partial charge in [-0.05, 0) is 206 Å². The Hall–Kier alpha value is -20.0. The fraction of sp³-hybridized carbons (Fsp3) is 0. The van der Waals surface area contributed by atoms with Gasteiger partial charge < -0.3 is 9.13 Å². The summed E-state index contributed by atoms with van der Waals surface area (Å²) < 4.78 is 11.5. The van der Waals surface area contributed by atoms with Crippen molar-refractivity contribution in [2.45, 2.75) is 0 Å². The van der Waals surface area contributed by atoms with Crippen molar-refractivity contribution >= 4 is 153 Å². The summed E-state index contributed by atoms with van der Waals surface area (Å²) in [4.78, 5) is 36.0. The Bertz CT molecular complexity index is 10300. The largest absolute Gasteiger partial charge is 0.309 e. The van der Waals surface area contributed by atoms with Gasteiger partial charge in [-0.1, -0.05) is 382 Å². The molecule has 0 unspecified atom stereocenters. The molecule has 0 bridgehead atoms. The van der Waals surface area contributed by atoms with Gasteiger partial charge in [0.05, 0.1) is 77.4 Å². The number of hydrogen-bond donors (Lipinski definition) is 0. The molecule has 0 saturated carbocycles. The Morgan fingerprint density at radius 2 is 0.422 bits per heavy atom. The van der Waals surface area contributed by atoms with Crippen LogP contribution in [0.25, 0.3) is 271 Å². The van der Waals surface area contributed by atoms with Crippen LogP contribution < -0.4 is 0 Å². The van der Waals surface area contributed by atoms with Gasteiger partial charge in [-0.15, -0.1) is 0 Å². The molecular weight excluding hydrogens is 1790 g/mol. The second-order valence-electron chi connectivity index (χ2n) is 37.4. The Morgan fingerprint density at radius 1 is 0.136 bits per heavy atom. The van der Waals surface area contributed by atoms with Gasteiger partial charge in [0, 0.05) is 92.9 Å². The lowest BCUT2D eigenvalue weighted by Gasteiger charge is -2.14. The van der Waals surface area contributed by atoms with E-state index in [0.717, 1.165) is 122 Å². The molecule has 0 aliphatic heterocycles. The van der Waals surface area contributed by atoms with E-state index in [1.807, 2.05) is 103 Å². The predicted molar refractivity (Wildman–Crippen MR) is 609 cm³/mol. The molecule has 0 fully saturated rings. The van der Waals surface area contributed by atoms with Crippen molar-refractivity contribution in [1.29, 1.82) is 0 Å². The van der Waals surface area contributed by atoms with Gasteiger partial charge in [-0.25, -0.2) is 24.9 Å². The van der Waals surface area contributed by atoms with Gasteiger partial charge >= 0.3 is 0 Å². The molecule has 8 aromatic heterocycles. The first-order valence-electron chi connectivity index (χ1n) is 49.7. The van der Waals surface area contributed by atoms with Crippen LogP contribution in [0.1, 0.15) is 0 Å². The second kappa shape index (κ2) is 35.7. The summed E-state index contributed by atoms with van der Waals surface area (Å²) in [5.41, 5.74) is 31.5. The van der Waals surface area contributed by atoms with Crippen LogP contribution in [-0.2, 0) is 0 Å². The van der Waals surface area contributed by atoms with E-state index in [0.29, 0.717) is 23.5 Å². The lowest BCUT2D eigenvalue weighted by molar-refractivity contribution is 0.953. The molecule has 12 nitrogen and oxygen atoms in total. The van der Waals surface area contributed by atoms with E-state index >= 15 is 0 Å². The molecule has 0 radical (unpaired) electrons. The molecule has 147 heavy (non-hydrogen) atoms. The van der Waals surface area contributed by atoms with E-state index in [4.69, 9.17) is 34.9 Å². The standard InChI is InChI=1S/C49H31N5.C48H30N4.C38H25N3/c1-4-15-33(16-5-1)47-50-48(34-17-6-2-7-18-34)52-49(51-47)54-42-23-13-12-22-39(42)40-30-35(25-27-43(40)54)36-26-28-44-41(31-36)46-38-21-11-10-14-32(38)24-29-45(46)53(44)37-19-8-3-9-20-37;1-3-14-32(15-4-1)47-48(50-41-21-11-10-20-40(41)49-47)52-42-22-12-9-19-37(42)38-29-33(24-26-43(38)52)34-25-27-44-39(30-34)46-36-18-8-7-13-31(36)23-28-45(46)51(44)35-16-5-2-6-17-35;1-4-12-26(13-5-1)29-20-22-35-32(24-29)33-25-30(27-14-6-2-7-15-27)21-23-36(33)41(35)38-39-34-19-11-10-18-31(34)37(40-38)28-16-8-3-9-17-28/h1-31H;1-30H;1-25H. The Morgan fingerprint density at radius 3 is 0.850 bits per heavy atom. The smallest absolute Gasteiger partial charge is 0.238 e. The molecule has 0 N–H and O–H groups in total. The van der Waals surface area contributed by atoms with Crippen molar-refractivity contribution in [2.24, 2.45) is 0 Å². The number of aromatic nitrogens is 12. The molecule has 0 saturated heterocycles. The predicted octanol–water partition coefficient (Wildman–Crippen LogP) is 34.3. The highest BCUT2D eigenvalue weighted by Gasteiger charge is 2.27. The third-order valence-electron chi connectivity index (χ3n) is 28.9. The van der Waals surface area contributed by atoms with E-state index in [-0.39, 0.29) is 0 Å². The fourth-order valence-electron chi connectivity index (χ4n) is 22.1. The van der Waals surface area contributed by atoms with E-state index in [1.165, 1.54) is 126 Å². The van der Waals surface area contributed by atoms with Crippen molar-refractivity contribution in [1.82, 2.24) is 57.7 Å². The highest BCUT2D eigenvalue weighted by atomic mass is 15.2. The normalized spacial score (nSPS) is 11.7. The molecule has 0 atom stereocenters. The molecule has 30 aromatic rings. The molecule has 0 amide bonds. The molecule has 0 aliphatic rings. The van der Waals surface area contributed by atoms with Gasteiger partial charge in [0.2, 0.25) is 11.9 Å². The SMILES string of the molecule is c1ccc(-c2ccc3c(c2)c2cc(-c4ccccc4)ccc2n3-c2nc(-c3ccccc3)c3ccccc3n2)cc1.c1ccc(-c2nc(-c3ccccc3)nc(-n3c4ccccc4c4cc(-c5ccc6c(c5)c5c7ccccc7ccc5n6-c5ccccc5)ccc43)n2)cc1.c1ccc(-c2nc3ccccc3nc2-n2c3ccccc3c3cc(-c4ccc5c(c4)c4c6ccccc6ccc4n5-c4ccccc4)ccc32)cc1. The van der Waals surface area contributed by atoms with Crippen molar-refractivity contribution in [2.75, 3.05) is 0 Å². The summed E-state index contributed by atoms with van der Waals surface area (Å²) in [6, 6.07) is 184. The van der Waals surface area contributed by atoms with Crippen LogP contribution >= 0.6 is 0 Å². The first-order valence-corrected chi connectivity index (χ1v) is 49.7. The number of fused-ring (bicyclic) bond motifs is 21. The quantitative estimate of drug-likeness (QED) is 0.113. The van der Waals surface area contributed by atoms with Crippen LogP contribution in [0, 0.1) is 0 Å². The van der Waals surface area contributed by atoms with Gasteiger partial charge in [0.1, 0.15) is 5.69 Å². The van der Waals surface area contributed by atoms with Crippen molar-refractivity contribution < 1.29 is 0 Å². The third kappa shape index (κ3) is 14.8. The summed E-state index contributed by atoms with van der Waals surface area (Å²) >= 11 is 0. The van der Waals surface area contributed by atoms with E-state index in [2.05, 4.69) is 441 Å². The zero-order valence-electron chi connectivity index (χ0n) is 79.5. The Balaban J connectivity index is 0.000000108. The fourth-order valence-corrected chi connectivity index (χ4v) is 22.1. The van der Waals surface area contributed by atoms with Crippen LogP contribution in [0.4, 0.5) is 0 Å². The maximum absolute atomic E-state index is 5.29. The zero-order chi connectivity index (χ0) is 96.9. The molecule has 8 heterocycles. The summed E-state index contributed by atoms with van der Waals surface area (Å²) in [7, 11) is 0. The monoisotopic (exact) mass is 1870 g/mol. The number of benzene rings is 22. The third-order valence-corrected chi connectivity index (χ3v) is 28.9. The van der Waals surface area contributed by atoms with Crippen molar-refractivity contribution in [3.8, 4) is 119 Å². The zero-order valence-corrected chi connectivity index (χ0v) is 79.5. The molecule has 0 aliphatic carbocycles. The second-order valence-corrected chi connectivity index (χ2v) is 37.4. The summed E-state index contributed by atoms with van der Waals surface area (Å²) in [5, 5.41) is 18.1. The minimum atomic E-state index is 0.587. The maximum atomic E-state index is 5.29. The summed E-state index contributed by atoms with van der Waals surface area (Å²) in [6.45, 7) is 0. The van der Waals surface area contributed by atoms with Gasteiger partial charge in [-0.2, -0.15) is 9.97 Å². The molecule has 12 heteroatoms. The summed E-state index contributed by atoms with van der Waals surface area (Å²) in [5.74, 6) is 3.35. The molecule has 686 valence electrons. The lowest BCUT2D eigenvalue weighted by Crippen LogP contribution is -2.06. The lowest BCUT2D eigenvalue weighted by atomic mass is 9.99. The van der Waals surface area contributed by atoms with Crippen LogP contribution in [0.3, 0.4) is 0 Å². The van der Waals surface area contributed by atoms with Crippen molar-refractivity contribution in [3.05, 3.63) is 522 Å². The molecule has 22 aromatic carbocycles. The van der Waals surface area contributed by atoms with Crippen LogP contribution in [-0.4, -0.2) is 57.7 Å². The molecular formula is C135H86N12. The minimum absolute atomic E-state index is 0.587. The van der Waals surface area contributed by atoms with Crippen molar-refractivity contribution in [3.63, 3.8) is 0 Å². The van der Waals surface area contributed by atoms with E-state index < -0.39 is 0 Å². The van der Waals surface area contributed by atoms with Gasteiger partial charge in [-0.3, -0.25) is 13.7 Å². The Labute approximate surface area is 844 Å².